The summed E-state index contributed by atoms with van der Waals surface area (Å²) >= 11 is 5.81. The molecule has 25 heavy (non-hydrogen) atoms. The van der Waals surface area contributed by atoms with Gasteiger partial charge in [0.2, 0.25) is 0 Å². The fraction of sp³-hybridized carbons (Fsp3) is 0.789. The maximum atomic E-state index is 5.87. The molecule has 1 aromatic rings. The first-order valence-corrected chi connectivity index (χ1v) is 9.97. The topological polar surface area (TPSA) is 50.3 Å². The molecule has 0 aromatic carbocycles. The monoisotopic (exact) mass is 364 g/mol. The first-order valence-electron chi connectivity index (χ1n) is 9.59. The number of ether oxygens (including phenoxy) is 1. The van der Waals surface area contributed by atoms with E-state index >= 15 is 0 Å². The standard InChI is InChI=1S/C19H29ClN4O/c1-19(2)9-13(5-6-25-19)10-24-11-14-7-16(8-15(14)12-24)21-18-4-3-17(20)22-23-18/h3-4,13-16H,5-12H2,1-2H3,(H,21,23)/t13?,14-,15+,16?. The van der Waals surface area contributed by atoms with Gasteiger partial charge in [0.1, 0.15) is 5.82 Å². The summed E-state index contributed by atoms with van der Waals surface area (Å²) in [6, 6.07) is 4.24. The van der Waals surface area contributed by atoms with E-state index in [4.69, 9.17) is 16.3 Å². The van der Waals surface area contributed by atoms with Gasteiger partial charge in [-0.1, -0.05) is 11.6 Å². The number of nitrogens with one attached hydrogen (secondary N) is 1. The van der Waals surface area contributed by atoms with Crippen molar-refractivity contribution >= 4 is 17.4 Å². The molecule has 3 heterocycles. The number of hydrogen-bond donors (Lipinski definition) is 1. The summed E-state index contributed by atoms with van der Waals surface area (Å²) < 4.78 is 5.87. The van der Waals surface area contributed by atoms with Crippen molar-refractivity contribution in [2.45, 2.75) is 51.2 Å². The average molecular weight is 365 g/mol. The highest BCUT2D eigenvalue weighted by atomic mass is 35.5. The summed E-state index contributed by atoms with van der Waals surface area (Å²) in [6.07, 6.45) is 4.89. The number of likely N-dealkylation sites (tertiary alicyclic amines) is 1. The van der Waals surface area contributed by atoms with E-state index in [2.05, 4.69) is 34.3 Å². The number of aromatic nitrogens is 2. The zero-order chi connectivity index (χ0) is 17.4. The molecule has 5 nitrogen and oxygen atoms in total. The molecule has 1 aliphatic carbocycles. The van der Waals surface area contributed by atoms with Crippen molar-refractivity contribution in [2.75, 3.05) is 31.6 Å². The maximum Gasteiger partial charge on any atom is 0.151 e. The average Bonchev–Trinajstić information content (AvgIpc) is 3.06. The van der Waals surface area contributed by atoms with Crippen molar-refractivity contribution in [3.8, 4) is 0 Å². The Morgan fingerprint density at radius 3 is 2.64 bits per heavy atom. The second-order valence-corrected chi connectivity index (χ2v) is 9.15. The first kappa shape index (κ1) is 17.5. The second kappa shape index (κ2) is 7.01. The van der Waals surface area contributed by atoms with Crippen LogP contribution in [0.1, 0.15) is 39.5 Å². The van der Waals surface area contributed by atoms with Crippen LogP contribution in [0, 0.1) is 17.8 Å². The van der Waals surface area contributed by atoms with Gasteiger partial charge in [0, 0.05) is 32.3 Å². The van der Waals surface area contributed by atoms with Crippen molar-refractivity contribution in [2.24, 2.45) is 17.8 Å². The number of rotatable bonds is 4. The fourth-order valence-corrected chi connectivity index (χ4v) is 5.25. The molecule has 2 aliphatic heterocycles. The number of halogens is 1. The number of anilines is 1. The molecule has 3 fully saturated rings. The van der Waals surface area contributed by atoms with E-state index in [1.807, 2.05) is 6.07 Å². The molecule has 2 unspecified atom stereocenters. The van der Waals surface area contributed by atoms with Crippen LogP contribution >= 0.6 is 11.6 Å². The minimum Gasteiger partial charge on any atom is -0.376 e. The molecule has 4 rings (SSSR count). The Kier molecular flexibility index (Phi) is 4.91. The second-order valence-electron chi connectivity index (χ2n) is 8.76. The zero-order valence-corrected chi connectivity index (χ0v) is 16.0. The van der Waals surface area contributed by atoms with E-state index in [1.165, 1.54) is 45.3 Å². The Labute approximate surface area is 155 Å². The van der Waals surface area contributed by atoms with Gasteiger partial charge < -0.3 is 15.0 Å². The molecule has 0 spiro atoms. The van der Waals surface area contributed by atoms with Crippen LogP contribution in [0.5, 0.6) is 0 Å². The molecule has 1 N–H and O–H groups in total. The number of hydrogen-bond acceptors (Lipinski definition) is 5. The molecule has 0 amide bonds. The number of nitrogens with zero attached hydrogens (tertiary/aromatic N) is 3. The van der Waals surface area contributed by atoms with Gasteiger partial charge in [-0.2, -0.15) is 0 Å². The lowest BCUT2D eigenvalue weighted by Gasteiger charge is -2.37. The summed E-state index contributed by atoms with van der Waals surface area (Å²) in [7, 11) is 0. The lowest BCUT2D eigenvalue weighted by Crippen LogP contribution is -2.39. The minimum atomic E-state index is 0.0626. The summed E-state index contributed by atoms with van der Waals surface area (Å²) in [6.45, 7) is 9.15. The van der Waals surface area contributed by atoms with Gasteiger partial charge in [0.15, 0.2) is 5.15 Å². The third-order valence-electron chi connectivity index (χ3n) is 6.13. The summed E-state index contributed by atoms with van der Waals surface area (Å²) in [5.41, 5.74) is 0.0626. The van der Waals surface area contributed by atoms with E-state index in [0.717, 1.165) is 30.2 Å². The van der Waals surface area contributed by atoms with Crippen molar-refractivity contribution < 1.29 is 4.74 Å². The van der Waals surface area contributed by atoms with Gasteiger partial charge in [-0.25, -0.2) is 0 Å². The summed E-state index contributed by atoms with van der Waals surface area (Å²) in [4.78, 5) is 2.71. The zero-order valence-electron chi connectivity index (χ0n) is 15.2. The SMILES string of the molecule is CC1(C)CC(CN2C[C@H]3CC(Nc4ccc(Cl)nn4)C[C@H]3C2)CCO1. The molecular weight excluding hydrogens is 336 g/mol. The molecule has 0 radical (unpaired) electrons. The third kappa shape index (κ3) is 4.26. The Bertz CT molecular complexity index is 580. The Morgan fingerprint density at radius 2 is 2.00 bits per heavy atom. The molecule has 138 valence electrons. The van der Waals surface area contributed by atoms with Crippen LogP contribution in [0.2, 0.25) is 5.15 Å². The van der Waals surface area contributed by atoms with Crippen LogP contribution in [-0.2, 0) is 4.74 Å². The van der Waals surface area contributed by atoms with Crippen LogP contribution in [0.4, 0.5) is 5.82 Å². The third-order valence-corrected chi connectivity index (χ3v) is 6.33. The van der Waals surface area contributed by atoms with Gasteiger partial charge >= 0.3 is 0 Å². The molecule has 6 heteroatoms. The molecule has 2 saturated heterocycles. The smallest absolute Gasteiger partial charge is 0.151 e. The molecular formula is C19H29ClN4O. The number of fused-ring (bicyclic) bond motifs is 1. The van der Waals surface area contributed by atoms with Crippen LogP contribution in [0.25, 0.3) is 0 Å². The Balaban J connectivity index is 1.25. The van der Waals surface area contributed by atoms with Gasteiger partial charge in [0.25, 0.3) is 0 Å². The van der Waals surface area contributed by atoms with E-state index < -0.39 is 0 Å². The molecule has 1 aromatic heterocycles. The minimum absolute atomic E-state index is 0.0626. The van der Waals surface area contributed by atoms with Crippen molar-refractivity contribution in [1.82, 2.24) is 15.1 Å². The Hall–Kier alpha value is -0.910. The fourth-order valence-electron chi connectivity index (χ4n) is 5.15. The van der Waals surface area contributed by atoms with Crippen molar-refractivity contribution in [3.05, 3.63) is 17.3 Å². The van der Waals surface area contributed by atoms with E-state index in [-0.39, 0.29) is 5.60 Å². The lowest BCUT2D eigenvalue weighted by atomic mass is 9.88. The molecule has 0 bridgehead atoms. The molecule has 1 saturated carbocycles. The van der Waals surface area contributed by atoms with Crippen molar-refractivity contribution in [3.63, 3.8) is 0 Å². The van der Waals surface area contributed by atoms with E-state index in [1.54, 1.807) is 6.07 Å². The molecule has 4 atom stereocenters. The van der Waals surface area contributed by atoms with Crippen LogP contribution in [0.3, 0.4) is 0 Å². The maximum absolute atomic E-state index is 5.87. The normalized spacial score (nSPS) is 34.8. The van der Waals surface area contributed by atoms with Crippen LogP contribution in [-0.4, -0.2) is 53.0 Å². The lowest BCUT2D eigenvalue weighted by molar-refractivity contribution is -0.0762. The van der Waals surface area contributed by atoms with E-state index in [0.29, 0.717) is 11.2 Å². The summed E-state index contributed by atoms with van der Waals surface area (Å²) in [5, 5.41) is 12.0. The molecule has 3 aliphatic rings. The predicted octanol–water partition coefficient (Wildman–Crippen LogP) is 3.46. The quantitative estimate of drug-likeness (QED) is 0.886. The predicted molar refractivity (Wildman–Crippen MR) is 99.9 cm³/mol. The summed E-state index contributed by atoms with van der Waals surface area (Å²) in [5.74, 6) is 3.28. The van der Waals surface area contributed by atoms with Gasteiger partial charge in [-0.05, 0) is 69.4 Å². The van der Waals surface area contributed by atoms with Crippen LogP contribution < -0.4 is 5.32 Å². The highest BCUT2D eigenvalue weighted by Crippen LogP contribution is 2.40. The van der Waals surface area contributed by atoms with E-state index in [9.17, 15) is 0 Å². The highest BCUT2D eigenvalue weighted by molar-refractivity contribution is 6.29. The van der Waals surface area contributed by atoms with Gasteiger partial charge in [-0.15, -0.1) is 10.2 Å². The first-order chi connectivity index (χ1) is 12.0. The van der Waals surface area contributed by atoms with Gasteiger partial charge in [0.05, 0.1) is 5.60 Å². The highest BCUT2D eigenvalue weighted by Gasteiger charge is 2.42. The van der Waals surface area contributed by atoms with Crippen LogP contribution in [0.15, 0.2) is 12.1 Å². The van der Waals surface area contributed by atoms with Gasteiger partial charge in [-0.3, -0.25) is 0 Å². The van der Waals surface area contributed by atoms with Crippen molar-refractivity contribution in [1.29, 1.82) is 0 Å². The Morgan fingerprint density at radius 1 is 1.24 bits per heavy atom. The largest absolute Gasteiger partial charge is 0.376 e.